The third kappa shape index (κ3) is 3.58. The first-order valence-corrected chi connectivity index (χ1v) is 7.84. The normalized spacial score (nSPS) is 25.2. The minimum Gasteiger partial charge on any atom is -0.326 e. The van der Waals surface area contributed by atoms with Crippen LogP contribution < -0.4 is 5.73 Å². The lowest BCUT2D eigenvalue weighted by Crippen LogP contribution is -2.40. The van der Waals surface area contributed by atoms with Gasteiger partial charge >= 0.3 is 0 Å². The van der Waals surface area contributed by atoms with E-state index in [9.17, 15) is 0 Å². The zero-order valence-corrected chi connectivity index (χ0v) is 12.4. The predicted molar refractivity (Wildman–Crippen MR) is 82.3 cm³/mol. The maximum absolute atomic E-state index is 6.46. The molecule has 2 nitrogen and oxygen atoms in total. The molecule has 1 aromatic carbocycles. The summed E-state index contributed by atoms with van der Waals surface area (Å²) in [7, 11) is 0. The van der Waals surface area contributed by atoms with Crippen LogP contribution in [0.4, 0.5) is 0 Å². The van der Waals surface area contributed by atoms with E-state index in [1.165, 1.54) is 36.9 Å². The molecule has 106 valence electrons. The topological polar surface area (TPSA) is 29.3 Å². The molecule has 0 spiro atoms. The fourth-order valence-corrected chi connectivity index (χ4v) is 3.21. The summed E-state index contributed by atoms with van der Waals surface area (Å²) >= 11 is 0. The summed E-state index contributed by atoms with van der Waals surface area (Å²) in [6.07, 6.45) is 6.02. The molecule has 1 aliphatic heterocycles. The molecule has 0 radical (unpaired) electrons. The second-order valence-electron chi connectivity index (χ2n) is 5.74. The van der Waals surface area contributed by atoms with Crippen molar-refractivity contribution >= 4 is 0 Å². The Morgan fingerprint density at radius 3 is 2.53 bits per heavy atom. The van der Waals surface area contributed by atoms with E-state index < -0.39 is 0 Å². The van der Waals surface area contributed by atoms with Crippen LogP contribution >= 0.6 is 0 Å². The Morgan fingerprint density at radius 1 is 1.16 bits per heavy atom. The first-order valence-electron chi connectivity index (χ1n) is 7.84. The summed E-state index contributed by atoms with van der Waals surface area (Å²) in [5.41, 5.74) is 9.27. The van der Waals surface area contributed by atoms with E-state index in [0.717, 1.165) is 19.4 Å². The summed E-state index contributed by atoms with van der Waals surface area (Å²) < 4.78 is 0. The van der Waals surface area contributed by atoms with Crippen molar-refractivity contribution in [2.45, 2.75) is 58.0 Å². The van der Waals surface area contributed by atoms with E-state index >= 15 is 0 Å². The van der Waals surface area contributed by atoms with Crippen LogP contribution in [-0.4, -0.2) is 24.0 Å². The van der Waals surface area contributed by atoms with Crippen molar-refractivity contribution in [3.63, 3.8) is 0 Å². The van der Waals surface area contributed by atoms with E-state index in [1.54, 1.807) is 0 Å². The van der Waals surface area contributed by atoms with Gasteiger partial charge in [-0.1, -0.05) is 44.5 Å². The zero-order chi connectivity index (χ0) is 13.7. The van der Waals surface area contributed by atoms with E-state index in [0.29, 0.717) is 6.04 Å². The molecule has 2 rings (SSSR count). The number of hydrogen-bond donors (Lipinski definition) is 1. The van der Waals surface area contributed by atoms with Crippen LogP contribution in [0.3, 0.4) is 0 Å². The lowest BCUT2D eigenvalue weighted by Gasteiger charge is -2.33. The molecule has 1 aromatic rings. The van der Waals surface area contributed by atoms with Gasteiger partial charge in [-0.05, 0) is 49.9 Å². The van der Waals surface area contributed by atoms with Crippen LogP contribution in [0.2, 0.25) is 0 Å². The van der Waals surface area contributed by atoms with Crippen molar-refractivity contribution < 1.29 is 0 Å². The van der Waals surface area contributed by atoms with Gasteiger partial charge < -0.3 is 5.73 Å². The average molecular weight is 260 g/mol. The van der Waals surface area contributed by atoms with Crippen molar-refractivity contribution in [1.29, 1.82) is 0 Å². The fourth-order valence-electron chi connectivity index (χ4n) is 3.21. The quantitative estimate of drug-likeness (QED) is 0.897. The molecule has 0 saturated carbocycles. The Bertz CT molecular complexity index is 371. The summed E-state index contributed by atoms with van der Waals surface area (Å²) in [5, 5.41) is 0. The molecule has 0 bridgehead atoms. The molecule has 2 unspecified atom stereocenters. The van der Waals surface area contributed by atoms with Crippen LogP contribution in [0.5, 0.6) is 0 Å². The SMILES string of the molecule is CCCN1CCCCC(N)C1c1ccc(CC)cc1. The number of benzene rings is 1. The van der Waals surface area contributed by atoms with Crippen molar-refractivity contribution in [2.24, 2.45) is 5.73 Å². The highest BCUT2D eigenvalue weighted by Crippen LogP contribution is 2.29. The maximum Gasteiger partial charge on any atom is 0.0499 e. The van der Waals surface area contributed by atoms with Gasteiger partial charge in [0, 0.05) is 12.1 Å². The van der Waals surface area contributed by atoms with Crippen LogP contribution in [0, 0.1) is 0 Å². The molecule has 1 saturated heterocycles. The number of aryl methyl sites for hydroxylation is 1. The summed E-state index contributed by atoms with van der Waals surface area (Å²) in [6.45, 7) is 6.82. The minimum absolute atomic E-state index is 0.279. The van der Waals surface area contributed by atoms with Crippen molar-refractivity contribution in [3.05, 3.63) is 35.4 Å². The van der Waals surface area contributed by atoms with Gasteiger partial charge in [0.1, 0.15) is 0 Å². The standard InChI is InChI=1S/C17H28N2/c1-3-12-19-13-6-5-7-16(18)17(19)15-10-8-14(4-2)9-11-15/h8-11,16-17H,3-7,12-13,18H2,1-2H3. The summed E-state index contributed by atoms with van der Waals surface area (Å²) in [6, 6.07) is 9.79. The van der Waals surface area contributed by atoms with Crippen molar-refractivity contribution in [1.82, 2.24) is 4.90 Å². The van der Waals surface area contributed by atoms with Gasteiger partial charge in [-0.2, -0.15) is 0 Å². The van der Waals surface area contributed by atoms with Gasteiger partial charge in [0.25, 0.3) is 0 Å². The molecular formula is C17H28N2. The molecule has 1 fully saturated rings. The highest BCUT2D eigenvalue weighted by atomic mass is 15.2. The Kier molecular flexibility index (Phi) is 5.41. The molecule has 0 amide bonds. The maximum atomic E-state index is 6.46. The van der Waals surface area contributed by atoms with Crippen LogP contribution in [0.25, 0.3) is 0 Å². The highest BCUT2D eigenvalue weighted by Gasteiger charge is 2.27. The minimum atomic E-state index is 0.279. The van der Waals surface area contributed by atoms with E-state index in [4.69, 9.17) is 5.73 Å². The monoisotopic (exact) mass is 260 g/mol. The smallest absolute Gasteiger partial charge is 0.0499 e. The number of likely N-dealkylation sites (tertiary alicyclic amines) is 1. The zero-order valence-electron chi connectivity index (χ0n) is 12.4. The van der Waals surface area contributed by atoms with Crippen LogP contribution in [0.1, 0.15) is 56.7 Å². The molecular weight excluding hydrogens is 232 g/mol. The Balaban J connectivity index is 2.23. The lowest BCUT2D eigenvalue weighted by atomic mass is 9.95. The Hall–Kier alpha value is -0.860. The summed E-state index contributed by atoms with van der Waals surface area (Å²) in [4.78, 5) is 2.60. The van der Waals surface area contributed by atoms with Gasteiger partial charge in [0.2, 0.25) is 0 Å². The first-order chi connectivity index (χ1) is 9.26. The second-order valence-corrected chi connectivity index (χ2v) is 5.74. The largest absolute Gasteiger partial charge is 0.326 e. The third-order valence-electron chi connectivity index (χ3n) is 4.27. The number of hydrogen-bond acceptors (Lipinski definition) is 2. The van der Waals surface area contributed by atoms with Crippen molar-refractivity contribution in [3.8, 4) is 0 Å². The highest BCUT2D eigenvalue weighted by molar-refractivity contribution is 5.26. The number of rotatable bonds is 4. The molecule has 2 heteroatoms. The average Bonchev–Trinajstić information content (AvgIpc) is 2.61. The predicted octanol–water partition coefficient (Wildman–Crippen LogP) is 3.51. The molecule has 2 atom stereocenters. The molecule has 19 heavy (non-hydrogen) atoms. The fraction of sp³-hybridized carbons (Fsp3) is 0.647. The first kappa shape index (κ1) is 14.5. The molecule has 2 N–H and O–H groups in total. The van der Waals surface area contributed by atoms with Crippen molar-refractivity contribution in [2.75, 3.05) is 13.1 Å². The van der Waals surface area contributed by atoms with Gasteiger partial charge in [-0.25, -0.2) is 0 Å². The van der Waals surface area contributed by atoms with Crippen LogP contribution in [-0.2, 0) is 6.42 Å². The van der Waals surface area contributed by atoms with Gasteiger partial charge in [-0.15, -0.1) is 0 Å². The van der Waals surface area contributed by atoms with E-state index in [-0.39, 0.29) is 6.04 Å². The number of nitrogens with two attached hydrogens (primary N) is 1. The lowest BCUT2D eigenvalue weighted by molar-refractivity contribution is 0.186. The Labute approximate surface area is 118 Å². The van der Waals surface area contributed by atoms with Gasteiger partial charge in [0.05, 0.1) is 0 Å². The molecule has 0 aromatic heterocycles. The third-order valence-corrected chi connectivity index (χ3v) is 4.27. The Morgan fingerprint density at radius 2 is 1.89 bits per heavy atom. The van der Waals surface area contributed by atoms with Gasteiger partial charge in [0.15, 0.2) is 0 Å². The van der Waals surface area contributed by atoms with Crippen LogP contribution in [0.15, 0.2) is 24.3 Å². The second kappa shape index (κ2) is 7.06. The summed E-state index contributed by atoms with van der Waals surface area (Å²) in [5.74, 6) is 0. The molecule has 1 heterocycles. The molecule has 0 aliphatic carbocycles. The van der Waals surface area contributed by atoms with Gasteiger partial charge in [-0.3, -0.25) is 4.90 Å². The van der Waals surface area contributed by atoms with E-state index in [2.05, 4.69) is 43.0 Å². The molecule has 1 aliphatic rings. The van der Waals surface area contributed by atoms with E-state index in [1.807, 2.05) is 0 Å². The number of nitrogens with zero attached hydrogens (tertiary/aromatic N) is 1.